The monoisotopic (exact) mass is 397 g/mol. The quantitative estimate of drug-likeness (QED) is 0.591. The van der Waals surface area contributed by atoms with Crippen LogP contribution >= 0.6 is 0 Å². The number of imidazole rings is 1. The fourth-order valence-electron chi connectivity index (χ4n) is 4.04. The van der Waals surface area contributed by atoms with Crippen LogP contribution in [0.25, 0.3) is 11.2 Å². The summed E-state index contributed by atoms with van der Waals surface area (Å²) in [5, 5.41) is 0. The second-order valence-corrected chi connectivity index (χ2v) is 7.66. The first kappa shape index (κ1) is 19.4. The summed E-state index contributed by atoms with van der Waals surface area (Å²) in [5.41, 5.74) is 1.46. The number of hydrogen-bond acceptors (Lipinski definition) is 5. The molecule has 8 nitrogen and oxygen atoms in total. The number of hydrogen-bond donors (Lipinski definition) is 0. The first-order valence-corrected chi connectivity index (χ1v) is 10.1. The molecule has 0 saturated heterocycles. The fraction of sp³-hybridized carbons (Fsp3) is 0.476. The van der Waals surface area contributed by atoms with Gasteiger partial charge in [-0.1, -0.05) is 37.3 Å². The van der Waals surface area contributed by atoms with Gasteiger partial charge in [0.25, 0.3) is 5.56 Å². The van der Waals surface area contributed by atoms with Crippen LogP contribution in [0.15, 0.2) is 39.9 Å². The molecule has 0 aliphatic carbocycles. The number of fused-ring (bicyclic) bond motifs is 3. The number of benzene rings is 1. The molecule has 3 heterocycles. The van der Waals surface area contributed by atoms with Crippen LogP contribution in [0, 0.1) is 5.92 Å². The van der Waals surface area contributed by atoms with Gasteiger partial charge in [0.05, 0.1) is 13.2 Å². The van der Waals surface area contributed by atoms with E-state index in [9.17, 15) is 9.59 Å². The van der Waals surface area contributed by atoms with Crippen LogP contribution in [-0.4, -0.2) is 38.4 Å². The molecule has 0 spiro atoms. The van der Waals surface area contributed by atoms with Crippen molar-refractivity contribution in [3.05, 3.63) is 56.7 Å². The third kappa shape index (κ3) is 3.48. The molecule has 1 aliphatic rings. The minimum atomic E-state index is -0.361. The zero-order chi connectivity index (χ0) is 20.5. The van der Waals surface area contributed by atoms with E-state index >= 15 is 0 Å². The van der Waals surface area contributed by atoms with Crippen molar-refractivity contribution in [3.63, 3.8) is 0 Å². The highest BCUT2D eigenvalue weighted by molar-refractivity contribution is 5.75. The molecular formula is C21H27N5O3. The number of aryl methyl sites for hydroxylation is 1. The van der Waals surface area contributed by atoms with Gasteiger partial charge < -0.3 is 14.2 Å². The molecule has 0 bridgehead atoms. The molecule has 4 rings (SSSR count). The van der Waals surface area contributed by atoms with Gasteiger partial charge >= 0.3 is 5.69 Å². The molecule has 0 fully saturated rings. The molecule has 1 aliphatic heterocycles. The van der Waals surface area contributed by atoms with Gasteiger partial charge in [0.2, 0.25) is 5.95 Å². The van der Waals surface area contributed by atoms with E-state index in [4.69, 9.17) is 9.72 Å². The number of rotatable bonds is 6. The van der Waals surface area contributed by atoms with Crippen molar-refractivity contribution in [2.24, 2.45) is 13.0 Å². The summed E-state index contributed by atoms with van der Waals surface area (Å²) >= 11 is 0. The number of anilines is 1. The van der Waals surface area contributed by atoms with Gasteiger partial charge in [-0.2, -0.15) is 4.98 Å². The summed E-state index contributed by atoms with van der Waals surface area (Å²) in [6.07, 6.45) is 0. The Morgan fingerprint density at radius 1 is 1.17 bits per heavy atom. The molecule has 0 amide bonds. The molecule has 29 heavy (non-hydrogen) atoms. The predicted octanol–water partition coefficient (Wildman–Crippen LogP) is 1.59. The second kappa shape index (κ2) is 7.87. The normalized spacial score (nSPS) is 16.4. The lowest BCUT2D eigenvalue weighted by atomic mass is 10.1. The van der Waals surface area contributed by atoms with Crippen molar-refractivity contribution in [1.82, 2.24) is 18.7 Å². The van der Waals surface area contributed by atoms with Gasteiger partial charge in [-0.3, -0.25) is 13.9 Å². The van der Waals surface area contributed by atoms with Crippen molar-refractivity contribution in [3.8, 4) is 0 Å². The molecule has 3 aromatic rings. The Morgan fingerprint density at radius 2 is 1.93 bits per heavy atom. The molecule has 0 radical (unpaired) electrons. The van der Waals surface area contributed by atoms with Crippen LogP contribution in [0.4, 0.5) is 5.95 Å². The molecule has 2 aromatic heterocycles. The molecule has 0 N–H and O–H groups in total. The Bertz CT molecular complexity index is 1130. The highest BCUT2D eigenvalue weighted by Crippen LogP contribution is 2.28. The molecule has 0 saturated carbocycles. The minimum absolute atomic E-state index is 0.235. The lowest BCUT2D eigenvalue weighted by Gasteiger charge is -2.33. The topological polar surface area (TPSA) is 74.3 Å². The van der Waals surface area contributed by atoms with Gasteiger partial charge in [-0.05, 0) is 18.4 Å². The molecule has 0 unspecified atom stereocenters. The summed E-state index contributed by atoms with van der Waals surface area (Å²) in [7, 11) is 1.67. The van der Waals surface area contributed by atoms with Gasteiger partial charge in [0.1, 0.15) is 0 Å². The van der Waals surface area contributed by atoms with Crippen molar-refractivity contribution in [2.45, 2.75) is 33.5 Å². The van der Waals surface area contributed by atoms with Crippen molar-refractivity contribution < 1.29 is 4.74 Å². The maximum Gasteiger partial charge on any atom is 0.332 e. The van der Waals surface area contributed by atoms with Crippen molar-refractivity contribution >= 4 is 17.1 Å². The average Bonchev–Trinajstić information content (AvgIpc) is 3.09. The molecular weight excluding hydrogens is 370 g/mol. The first-order chi connectivity index (χ1) is 14.0. The van der Waals surface area contributed by atoms with Crippen molar-refractivity contribution in [1.29, 1.82) is 0 Å². The summed E-state index contributed by atoms with van der Waals surface area (Å²) in [4.78, 5) is 32.9. The Hall–Kier alpha value is -2.87. The Morgan fingerprint density at radius 3 is 2.66 bits per heavy atom. The second-order valence-electron chi connectivity index (χ2n) is 7.66. The maximum atomic E-state index is 13.2. The zero-order valence-corrected chi connectivity index (χ0v) is 17.2. The smallest absolute Gasteiger partial charge is 0.332 e. The largest absolute Gasteiger partial charge is 0.380 e. The molecule has 154 valence electrons. The van der Waals surface area contributed by atoms with Crippen LogP contribution in [0.2, 0.25) is 0 Å². The third-order valence-corrected chi connectivity index (χ3v) is 5.40. The zero-order valence-electron chi connectivity index (χ0n) is 17.2. The van der Waals surface area contributed by atoms with Crippen LogP contribution in [0.3, 0.4) is 0 Å². The standard InChI is InChI=1S/C21H27N5O3/c1-4-29-11-10-25-19(27)17-18(23(3)21(25)28)22-20-24(12-15(2)13-26(17)20)14-16-8-6-5-7-9-16/h5-9,15H,4,10-14H2,1-3H3/t15-/m0/s1. The number of ether oxygens (including phenoxy) is 1. The fourth-order valence-corrected chi connectivity index (χ4v) is 4.04. The lowest BCUT2D eigenvalue weighted by molar-refractivity contribution is 0.137. The summed E-state index contributed by atoms with van der Waals surface area (Å²) < 4.78 is 10.1. The molecule has 1 aromatic carbocycles. The average molecular weight is 397 g/mol. The first-order valence-electron chi connectivity index (χ1n) is 10.1. The van der Waals surface area contributed by atoms with Gasteiger partial charge in [0.15, 0.2) is 11.2 Å². The van der Waals surface area contributed by atoms with Crippen LogP contribution < -0.4 is 16.1 Å². The van der Waals surface area contributed by atoms with E-state index in [2.05, 4.69) is 24.0 Å². The molecule has 8 heteroatoms. The van der Waals surface area contributed by atoms with Gasteiger partial charge in [-0.25, -0.2) is 4.79 Å². The summed E-state index contributed by atoms with van der Waals surface area (Å²) in [6.45, 7) is 7.43. The predicted molar refractivity (Wildman–Crippen MR) is 112 cm³/mol. The SMILES string of the molecule is CCOCCn1c(=O)c2c(nc3n2C[C@@H](C)CN3Cc2ccccc2)n(C)c1=O. The highest BCUT2D eigenvalue weighted by Gasteiger charge is 2.29. The van der Waals surface area contributed by atoms with E-state index in [1.807, 2.05) is 29.7 Å². The van der Waals surface area contributed by atoms with E-state index in [1.165, 1.54) is 14.7 Å². The van der Waals surface area contributed by atoms with E-state index < -0.39 is 0 Å². The Balaban J connectivity index is 1.84. The van der Waals surface area contributed by atoms with Crippen molar-refractivity contribution in [2.75, 3.05) is 24.7 Å². The van der Waals surface area contributed by atoms with Gasteiger partial charge in [-0.15, -0.1) is 0 Å². The van der Waals surface area contributed by atoms with Crippen LogP contribution in [0.5, 0.6) is 0 Å². The van der Waals surface area contributed by atoms with Gasteiger partial charge in [0, 0.05) is 33.3 Å². The van der Waals surface area contributed by atoms with E-state index in [0.29, 0.717) is 43.4 Å². The summed E-state index contributed by atoms with van der Waals surface area (Å²) in [5.74, 6) is 1.11. The van der Waals surface area contributed by atoms with E-state index in [1.54, 1.807) is 7.05 Å². The van der Waals surface area contributed by atoms with Crippen LogP contribution in [-0.2, 0) is 31.4 Å². The Labute approximate surface area is 169 Å². The van der Waals surface area contributed by atoms with E-state index in [0.717, 1.165) is 12.5 Å². The maximum absolute atomic E-state index is 13.2. The minimum Gasteiger partial charge on any atom is -0.380 e. The lowest BCUT2D eigenvalue weighted by Crippen LogP contribution is -2.41. The molecule has 1 atom stereocenters. The Kier molecular flexibility index (Phi) is 5.27. The summed E-state index contributed by atoms with van der Waals surface area (Å²) in [6, 6.07) is 10.2. The number of aromatic nitrogens is 4. The highest BCUT2D eigenvalue weighted by atomic mass is 16.5. The number of nitrogens with zero attached hydrogens (tertiary/aromatic N) is 5. The third-order valence-electron chi connectivity index (χ3n) is 5.40. The van der Waals surface area contributed by atoms with E-state index in [-0.39, 0.29) is 17.8 Å². The van der Waals surface area contributed by atoms with Crippen LogP contribution in [0.1, 0.15) is 19.4 Å².